The van der Waals surface area contributed by atoms with Gasteiger partial charge in [-0.2, -0.15) is 0 Å². The SMILES string of the molecule is CC(C)C1=C2[C@H]3CC[C@@H]4[C@@]5(C)CC[C@H](O)C(C)(C)[C@@H]5CC[C@@]4(C)[C@]3(C)CC[C@@]2(C(=O)Nc2ccncn2)CC1=O. The van der Waals surface area contributed by atoms with E-state index in [0.717, 1.165) is 50.5 Å². The van der Waals surface area contributed by atoms with E-state index in [1.54, 1.807) is 12.3 Å². The fourth-order valence-corrected chi connectivity index (χ4v) is 11.5. The molecule has 4 fully saturated rings. The van der Waals surface area contributed by atoms with Gasteiger partial charge in [-0.1, -0.05) is 48.5 Å². The van der Waals surface area contributed by atoms with Crippen LogP contribution in [0.2, 0.25) is 0 Å². The second-order valence-electron chi connectivity index (χ2n) is 15.7. The van der Waals surface area contributed by atoms with Gasteiger partial charge >= 0.3 is 0 Å². The molecule has 8 atom stereocenters. The van der Waals surface area contributed by atoms with Crippen LogP contribution < -0.4 is 5.32 Å². The first-order valence-corrected chi connectivity index (χ1v) is 15.8. The second kappa shape index (κ2) is 8.96. The molecule has 1 heterocycles. The third-order valence-electron chi connectivity index (χ3n) is 13.7. The highest BCUT2D eigenvalue weighted by molar-refractivity contribution is 6.09. The Bertz CT molecular complexity index is 1260. The standard InChI is InChI=1S/C34H49N3O3/c1-20(2)27-22(38)18-34(29(40)37-26-12-17-35-19-36-26)16-15-32(6)21(28(27)34)8-9-24-31(5)13-11-25(39)30(3,4)23(31)10-14-33(24,32)7/h12,17,19-21,23-25,39H,8-11,13-16,18H2,1-7H3,(H,35,36,37,40)/t21-,23+,24-,25+,31+,32-,33-,34-/m1/s1. The Balaban J connectivity index is 1.42. The molecule has 2 N–H and O–H groups in total. The Labute approximate surface area is 240 Å². The first-order valence-electron chi connectivity index (χ1n) is 15.8. The van der Waals surface area contributed by atoms with Gasteiger partial charge in [-0.3, -0.25) is 9.59 Å². The van der Waals surface area contributed by atoms with Crippen LogP contribution in [0.5, 0.6) is 0 Å². The van der Waals surface area contributed by atoms with E-state index in [1.165, 1.54) is 11.9 Å². The molecule has 1 aromatic rings. The molecule has 0 aromatic carbocycles. The van der Waals surface area contributed by atoms with Gasteiger partial charge in [-0.05, 0) is 114 Å². The van der Waals surface area contributed by atoms with Crippen LogP contribution in [-0.2, 0) is 9.59 Å². The monoisotopic (exact) mass is 547 g/mol. The van der Waals surface area contributed by atoms with Crippen molar-refractivity contribution in [3.8, 4) is 0 Å². The molecule has 1 amide bonds. The molecule has 6 nitrogen and oxygen atoms in total. The van der Waals surface area contributed by atoms with Gasteiger partial charge in [0.05, 0.1) is 11.5 Å². The summed E-state index contributed by atoms with van der Waals surface area (Å²) in [5.41, 5.74) is 1.57. The quantitative estimate of drug-likeness (QED) is 0.436. The van der Waals surface area contributed by atoms with Crippen molar-refractivity contribution in [2.75, 3.05) is 5.32 Å². The van der Waals surface area contributed by atoms with Crippen molar-refractivity contribution in [2.24, 2.45) is 50.7 Å². The number of carbonyl (C=O) groups excluding carboxylic acids is 2. The van der Waals surface area contributed by atoms with Gasteiger partial charge in [-0.25, -0.2) is 9.97 Å². The van der Waals surface area contributed by atoms with Crippen LogP contribution >= 0.6 is 0 Å². The first kappa shape index (κ1) is 28.1. The Kier molecular flexibility index (Phi) is 6.28. The fraction of sp³-hybridized carbons (Fsp3) is 0.765. The summed E-state index contributed by atoms with van der Waals surface area (Å²) in [7, 11) is 0. The molecule has 40 heavy (non-hydrogen) atoms. The van der Waals surface area contributed by atoms with Crippen molar-refractivity contribution in [3.63, 3.8) is 0 Å². The lowest BCUT2D eigenvalue weighted by Gasteiger charge is -2.72. The smallest absolute Gasteiger partial charge is 0.236 e. The van der Waals surface area contributed by atoms with Gasteiger partial charge < -0.3 is 10.4 Å². The minimum Gasteiger partial charge on any atom is -0.393 e. The topological polar surface area (TPSA) is 92.2 Å². The predicted molar refractivity (Wildman–Crippen MR) is 156 cm³/mol. The Hall–Kier alpha value is -2.08. The van der Waals surface area contributed by atoms with Gasteiger partial charge in [0.1, 0.15) is 12.1 Å². The van der Waals surface area contributed by atoms with E-state index in [-0.39, 0.29) is 57.7 Å². The van der Waals surface area contributed by atoms with Crippen LogP contribution in [0.1, 0.15) is 106 Å². The highest BCUT2D eigenvalue weighted by Gasteiger charge is 2.70. The second-order valence-corrected chi connectivity index (χ2v) is 15.7. The normalized spacial score (nSPS) is 44.0. The molecule has 0 radical (unpaired) electrons. The number of aromatic nitrogens is 2. The Morgan fingerprint density at radius 1 is 0.975 bits per heavy atom. The van der Waals surface area contributed by atoms with Crippen molar-refractivity contribution in [2.45, 2.75) is 112 Å². The third-order valence-corrected chi connectivity index (χ3v) is 13.7. The van der Waals surface area contributed by atoms with Crippen molar-refractivity contribution in [1.29, 1.82) is 0 Å². The molecule has 4 saturated carbocycles. The van der Waals surface area contributed by atoms with E-state index in [0.29, 0.717) is 24.1 Å². The van der Waals surface area contributed by atoms with Gasteiger partial charge in [0.25, 0.3) is 0 Å². The van der Waals surface area contributed by atoms with Crippen LogP contribution in [0, 0.1) is 50.7 Å². The molecular weight excluding hydrogens is 498 g/mol. The summed E-state index contributed by atoms with van der Waals surface area (Å²) in [6, 6.07) is 1.72. The fourth-order valence-electron chi connectivity index (χ4n) is 11.5. The number of Topliss-reactive ketones (excluding diaryl/α,β-unsaturated/α-hetero) is 1. The minimum atomic E-state index is -0.785. The van der Waals surface area contributed by atoms with Crippen LogP contribution in [0.25, 0.3) is 0 Å². The largest absolute Gasteiger partial charge is 0.393 e. The summed E-state index contributed by atoms with van der Waals surface area (Å²) in [6.45, 7) is 16.5. The summed E-state index contributed by atoms with van der Waals surface area (Å²) in [5.74, 6) is 2.01. The molecular formula is C34H49N3O3. The molecule has 6 rings (SSSR count). The molecule has 0 unspecified atom stereocenters. The maximum Gasteiger partial charge on any atom is 0.236 e. The van der Waals surface area contributed by atoms with Crippen molar-refractivity contribution >= 4 is 17.5 Å². The van der Waals surface area contributed by atoms with E-state index >= 15 is 0 Å². The number of nitrogens with one attached hydrogen (secondary N) is 1. The number of rotatable bonds is 3. The third kappa shape index (κ3) is 3.50. The summed E-state index contributed by atoms with van der Waals surface area (Å²) in [5, 5.41) is 14.1. The van der Waals surface area contributed by atoms with Crippen LogP contribution in [0.15, 0.2) is 29.7 Å². The number of aliphatic hydroxyl groups is 1. The number of nitrogens with zero attached hydrogens (tertiary/aromatic N) is 2. The maximum absolute atomic E-state index is 14.2. The number of hydrogen-bond acceptors (Lipinski definition) is 5. The molecule has 5 aliphatic carbocycles. The van der Waals surface area contributed by atoms with Gasteiger partial charge in [-0.15, -0.1) is 0 Å². The molecule has 0 aliphatic heterocycles. The molecule has 5 aliphatic rings. The Morgan fingerprint density at radius 2 is 1.73 bits per heavy atom. The summed E-state index contributed by atoms with van der Waals surface area (Å²) < 4.78 is 0. The van der Waals surface area contributed by atoms with Crippen molar-refractivity contribution < 1.29 is 14.7 Å². The Morgan fingerprint density at radius 3 is 2.40 bits per heavy atom. The lowest BCUT2D eigenvalue weighted by molar-refractivity contribution is -0.228. The number of anilines is 1. The number of fused-ring (bicyclic) bond motifs is 7. The zero-order valence-electron chi connectivity index (χ0n) is 25.6. The molecule has 1 aromatic heterocycles. The lowest BCUT2D eigenvalue weighted by Crippen LogP contribution is -2.66. The van der Waals surface area contributed by atoms with E-state index < -0.39 is 5.41 Å². The molecule has 218 valence electrons. The number of allylic oxidation sites excluding steroid dienone is 1. The van der Waals surface area contributed by atoms with Crippen molar-refractivity contribution in [3.05, 3.63) is 29.7 Å². The zero-order valence-corrected chi connectivity index (χ0v) is 25.6. The van der Waals surface area contributed by atoms with Gasteiger partial charge in [0.2, 0.25) is 5.91 Å². The highest BCUT2D eigenvalue weighted by Crippen LogP contribution is 2.76. The van der Waals surface area contributed by atoms with Crippen LogP contribution in [0.4, 0.5) is 5.82 Å². The summed E-state index contributed by atoms with van der Waals surface area (Å²) >= 11 is 0. The average Bonchev–Trinajstić information content (AvgIpc) is 3.21. The van der Waals surface area contributed by atoms with E-state index in [2.05, 4.69) is 63.8 Å². The molecule has 6 heteroatoms. The van der Waals surface area contributed by atoms with Crippen LogP contribution in [0.3, 0.4) is 0 Å². The molecule has 0 saturated heterocycles. The zero-order chi connectivity index (χ0) is 28.9. The van der Waals surface area contributed by atoms with E-state index in [1.807, 2.05) is 0 Å². The van der Waals surface area contributed by atoms with Crippen molar-refractivity contribution in [1.82, 2.24) is 9.97 Å². The number of ketones is 1. The molecule has 0 bridgehead atoms. The van der Waals surface area contributed by atoms with E-state index in [9.17, 15) is 14.7 Å². The maximum atomic E-state index is 14.2. The highest BCUT2D eigenvalue weighted by atomic mass is 16.3. The number of amides is 1. The summed E-state index contributed by atoms with van der Waals surface area (Å²) in [6.07, 6.45) is 11.2. The lowest BCUT2D eigenvalue weighted by atomic mass is 9.33. The van der Waals surface area contributed by atoms with Gasteiger partial charge in [0.15, 0.2) is 5.78 Å². The number of carbonyl (C=O) groups is 2. The summed E-state index contributed by atoms with van der Waals surface area (Å²) in [4.78, 5) is 36.2. The molecule has 0 spiro atoms. The minimum absolute atomic E-state index is 0.0168. The number of aliphatic hydroxyl groups excluding tert-OH is 1. The van der Waals surface area contributed by atoms with Gasteiger partial charge in [0, 0.05) is 12.6 Å². The first-order chi connectivity index (χ1) is 18.7. The van der Waals surface area contributed by atoms with Crippen LogP contribution in [-0.4, -0.2) is 32.9 Å². The average molecular weight is 548 g/mol. The van der Waals surface area contributed by atoms with E-state index in [4.69, 9.17) is 0 Å². The number of hydrogen-bond donors (Lipinski definition) is 2. The predicted octanol–water partition coefficient (Wildman–Crippen LogP) is 6.76.